The van der Waals surface area contributed by atoms with E-state index in [4.69, 9.17) is 0 Å². The van der Waals surface area contributed by atoms with Crippen LogP contribution in [0.2, 0.25) is 0 Å². The number of allylic oxidation sites excluding steroid dienone is 4. The summed E-state index contributed by atoms with van der Waals surface area (Å²) < 4.78 is 1.00. The number of aromatic nitrogens is 1. The molecule has 1 aromatic carbocycles. The predicted molar refractivity (Wildman–Crippen MR) is 153 cm³/mol. The van der Waals surface area contributed by atoms with Gasteiger partial charge in [-0.25, -0.2) is 4.98 Å². The first-order chi connectivity index (χ1) is 18.4. The highest BCUT2D eigenvalue weighted by atomic mass is 32.1. The summed E-state index contributed by atoms with van der Waals surface area (Å²) in [7, 11) is 0. The number of carbonyl (C=O) groups excluding carboxylic acids is 3. The second kappa shape index (κ2) is 12.3. The molecule has 0 atom stereocenters. The molecule has 1 aliphatic heterocycles. The Balaban J connectivity index is 1.61. The van der Waals surface area contributed by atoms with Gasteiger partial charge >= 0.3 is 0 Å². The van der Waals surface area contributed by atoms with Crippen molar-refractivity contribution in [2.75, 3.05) is 30.3 Å². The number of anilines is 2. The van der Waals surface area contributed by atoms with Crippen LogP contribution in [0, 0.1) is 0 Å². The molecule has 0 spiro atoms. The summed E-state index contributed by atoms with van der Waals surface area (Å²) in [5.74, 6) is -0.497. The average Bonchev–Trinajstić information content (AvgIpc) is 3.62. The first kappa shape index (κ1) is 26.8. The Morgan fingerprint density at radius 1 is 1.13 bits per heavy atom. The molecule has 1 aliphatic rings. The van der Waals surface area contributed by atoms with Gasteiger partial charge < -0.3 is 20.9 Å². The lowest BCUT2D eigenvalue weighted by Gasteiger charge is -2.17. The van der Waals surface area contributed by atoms with Crippen LogP contribution in [-0.2, 0) is 4.79 Å². The first-order valence-corrected chi connectivity index (χ1v) is 13.4. The predicted octanol–water partition coefficient (Wildman–Crippen LogP) is 5.35. The van der Waals surface area contributed by atoms with Crippen molar-refractivity contribution in [2.45, 2.75) is 26.7 Å². The van der Waals surface area contributed by atoms with Gasteiger partial charge in [-0.2, -0.15) is 0 Å². The zero-order chi connectivity index (χ0) is 27.1. The maximum atomic E-state index is 13.3. The van der Waals surface area contributed by atoms with Gasteiger partial charge in [0, 0.05) is 40.4 Å². The van der Waals surface area contributed by atoms with E-state index in [1.807, 2.05) is 49.6 Å². The highest BCUT2D eigenvalue weighted by Gasteiger charge is 2.20. The van der Waals surface area contributed by atoms with Crippen LogP contribution < -0.4 is 16.0 Å². The van der Waals surface area contributed by atoms with E-state index >= 15 is 0 Å². The Bertz CT molecular complexity index is 1430. The highest BCUT2D eigenvalue weighted by Crippen LogP contribution is 2.29. The fourth-order valence-electron chi connectivity index (χ4n) is 4.14. The molecule has 3 heterocycles. The number of hydrogen-bond donors (Lipinski definition) is 3. The molecule has 38 heavy (non-hydrogen) atoms. The van der Waals surface area contributed by atoms with E-state index in [-0.39, 0.29) is 23.9 Å². The zero-order valence-corrected chi connectivity index (χ0v) is 22.4. The monoisotopic (exact) mass is 529 g/mol. The lowest BCUT2D eigenvalue weighted by molar-refractivity contribution is -0.129. The summed E-state index contributed by atoms with van der Waals surface area (Å²) in [5, 5.41) is 11.5. The maximum absolute atomic E-state index is 13.3. The van der Waals surface area contributed by atoms with Crippen LogP contribution in [0.4, 0.5) is 11.5 Å². The molecular weight excluding hydrogens is 498 g/mol. The van der Waals surface area contributed by atoms with Crippen molar-refractivity contribution in [3.05, 3.63) is 89.1 Å². The SMILES string of the molecule is C=C/C=C(Nc1ncc(C(=O)NCC(=O)N2CCCC2)cc1NC(=O)c1csc2ccccc12)\C(C)=C/C. The molecule has 0 aliphatic carbocycles. The van der Waals surface area contributed by atoms with E-state index in [1.54, 1.807) is 23.1 Å². The summed E-state index contributed by atoms with van der Waals surface area (Å²) in [6, 6.07) is 9.25. The number of carbonyl (C=O) groups is 3. The molecule has 0 saturated carbocycles. The molecule has 2 aromatic heterocycles. The third kappa shape index (κ3) is 6.18. The number of amides is 3. The molecule has 3 N–H and O–H groups in total. The van der Waals surface area contributed by atoms with E-state index in [2.05, 4.69) is 27.5 Å². The van der Waals surface area contributed by atoms with Crippen LogP contribution in [0.25, 0.3) is 10.1 Å². The Morgan fingerprint density at radius 3 is 2.63 bits per heavy atom. The Kier molecular flexibility index (Phi) is 8.70. The summed E-state index contributed by atoms with van der Waals surface area (Å²) in [6.07, 6.45) is 8.79. The molecule has 9 heteroatoms. The number of thiophene rings is 1. The van der Waals surface area contributed by atoms with Gasteiger partial charge in [0.1, 0.15) is 0 Å². The number of likely N-dealkylation sites (tertiary alicyclic amines) is 1. The van der Waals surface area contributed by atoms with Crippen LogP contribution in [0.15, 0.2) is 78.0 Å². The van der Waals surface area contributed by atoms with Gasteiger partial charge in [-0.1, -0.05) is 36.9 Å². The number of nitrogens with zero attached hydrogens (tertiary/aromatic N) is 2. The van der Waals surface area contributed by atoms with Crippen molar-refractivity contribution in [3.8, 4) is 0 Å². The molecule has 1 saturated heterocycles. The van der Waals surface area contributed by atoms with Gasteiger partial charge in [0.15, 0.2) is 5.82 Å². The molecule has 0 radical (unpaired) electrons. The molecule has 8 nitrogen and oxygen atoms in total. The molecule has 0 bridgehead atoms. The standard InChI is InChI=1S/C29H31N5O3S/c1-4-10-23(19(3)5-2)32-27-24(33-29(37)22-18-38-25-12-7-6-11-21(22)25)15-20(16-30-27)28(36)31-17-26(35)34-13-8-9-14-34/h4-7,10-12,15-16,18H,1,8-9,13-14,17H2,2-3H3,(H,30,32)(H,31,36)(H,33,37)/b19-5-,23-10+. The molecule has 0 unspecified atom stereocenters. The van der Waals surface area contributed by atoms with Gasteiger partial charge in [0.25, 0.3) is 11.8 Å². The Labute approximate surface area is 226 Å². The van der Waals surface area contributed by atoms with Gasteiger partial charge in [-0.3, -0.25) is 14.4 Å². The van der Waals surface area contributed by atoms with E-state index in [1.165, 1.54) is 17.5 Å². The van der Waals surface area contributed by atoms with E-state index in [0.29, 0.717) is 17.1 Å². The Hall–Kier alpha value is -4.24. The minimum Gasteiger partial charge on any atom is -0.343 e. The largest absolute Gasteiger partial charge is 0.343 e. The Morgan fingerprint density at radius 2 is 1.89 bits per heavy atom. The lowest BCUT2D eigenvalue weighted by atomic mass is 10.1. The van der Waals surface area contributed by atoms with E-state index in [9.17, 15) is 14.4 Å². The second-order valence-corrected chi connectivity index (χ2v) is 9.81. The molecule has 4 rings (SSSR count). The van der Waals surface area contributed by atoms with Crippen LogP contribution in [0.3, 0.4) is 0 Å². The van der Waals surface area contributed by atoms with E-state index in [0.717, 1.165) is 47.3 Å². The fourth-order valence-corrected chi connectivity index (χ4v) is 5.08. The summed E-state index contributed by atoms with van der Waals surface area (Å²) in [6.45, 7) is 8.99. The second-order valence-electron chi connectivity index (χ2n) is 8.90. The van der Waals surface area contributed by atoms with Crippen LogP contribution >= 0.6 is 11.3 Å². The third-order valence-corrected chi connectivity index (χ3v) is 7.34. The number of pyridine rings is 1. The summed E-state index contributed by atoms with van der Waals surface area (Å²) in [5.41, 5.74) is 2.80. The van der Waals surface area contributed by atoms with Gasteiger partial charge in [-0.15, -0.1) is 11.3 Å². The van der Waals surface area contributed by atoms with E-state index < -0.39 is 5.91 Å². The summed E-state index contributed by atoms with van der Waals surface area (Å²) in [4.78, 5) is 44.8. The molecule has 196 valence electrons. The number of hydrogen-bond acceptors (Lipinski definition) is 6. The molecular formula is C29H31N5O3S. The van der Waals surface area contributed by atoms with Crippen molar-refractivity contribution in [1.29, 1.82) is 0 Å². The quantitative estimate of drug-likeness (QED) is 0.324. The van der Waals surface area contributed by atoms with Crippen molar-refractivity contribution in [2.24, 2.45) is 0 Å². The number of rotatable bonds is 9. The zero-order valence-electron chi connectivity index (χ0n) is 21.5. The minimum atomic E-state index is -0.445. The number of nitrogens with one attached hydrogen (secondary N) is 3. The molecule has 3 aromatic rings. The smallest absolute Gasteiger partial charge is 0.257 e. The average molecular weight is 530 g/mol. The van der Waals surface area contributed by atoms with Crippen LogP contribution in [0.5, 0.6) is 0 Å². The van der Waals surface area contributed by atoms with Gasteiger partial charge in [0.05, 0.1) is 23.4 Å². The van der Waals surface area contributed by atoms with Gasteiger partial charge in [-0.05, 0) is 50.5 Å². The third-order valence-electron chi connectivity index (χ3n) is 6.38. The summed E-state index contributed by atoms with van der Waals surface area (Å²) >= 11 is 1.49. The molecule has 1 fully saturated rings. The van der Waals surface area contributed by atoms with Crippen molar-refractivity contribution in [1.82, 2.24) is 15.2 Å². The normalized spacial score (nSPS) is 13.9. The van der Waals surface area contributed by atoms with Gasteiger partial charge in [0.2, 0.25) is 5.91 Å². The number of fused-ring (bicyclic) bond motifs is 1. The maximum Gasteiger partial charge on any atom is 0.257 e. The van der Waals surface area contributed by atoms with Crippen LogP contribution in [-0.4, -0.2) is 47.2 Å². The minimum absolute atomic E-state index is 0.0892. The first-order valence-electron chi connectivity index (χ1n) is 12.5. The van der Waals surface area contributed by atoms with Crippen LogP contribution in [0.1, 0.15) is 47.4 Å². The fraction of sp³-hybridized carbons (Fsp3) is 0.241. The van der Waals surface area contributed by atoms with Crippen molar-refractivity contribution >= 4 is 50.6 Å². The van der Waals surface area contributed by atoms with Crippen molar-refractivity contribution in [3.63, 3.8) is 0 Å². The van der Waals surface area contributed by atoms with Crippen molar-refractivity contribution < 1.29 is 14.4 Å². The lowest BCUT2D eigenvalue weighted by Crippen LogP contribution is -2.38. The topological polar surface area (TPSA) is 103 Å². The number of benzene rings is 1. The highest BCUT2D eigenvalue weighted by molar-refractivity contribution is 7.17. The molecule has 3 amide bonds.